The first kappa shape index (κ1) is 16.1. The molecular weight excluding hydrogens is 302 g/mol. The lowest BCUT2D eigenvalue weighted by Crippen LogP contribution is -2.33. The van der Waals surface area contributed by atoms with Crippen LogP contribution in [0.3, 0.4) is 0 Å². The van der Waals surface area contributed by atoms with Crippen LogP contribution in [-0.4, -0.2) is 23.5 Å². The van der Waals surface area contributed by atoms with Gasteiger partial charge in [0.25, 0.3) is 0 Å². The predicted molar refractivity (Wildman–Crippen MR) is 83.3 cm³/mol. The van der Waals surface area contributed by atoms with E-state index < -0.39 is 12.0 Å². The average Bonchev–Trinajstić information content (AvgIpc) is 3.02. The number of aromatic nitrogens is 1. The van der Waals surface area contributed by atoms with Gasteiger partial charge in [-0.05, 0) is 12.5 Å². The van der Waals surface area contributed by atoms with Gasteiger partial charge in [0.05, 0.1) is 13.2 Å². The van der Waals surface area contributed by atoms with Gasteiger partial charge in [-0.25, -0.2) is 9.78 Å². The summed E-state index contributed by atoms with van der Waals surface area (Å²) in [5.41, 5.74) is 6.89. The van der Waals surface area contributed by atoms with Gasteiger partial charge in [-0.3, -0.25) is 4.79 Å². The molecule has 0 spiro atoms. The Balaban J connectivity index is 1.90. The highest BCUT2D eigenvalue weighted by Crippen LogP contribution is 2.12. The molecule has 0 radical (unpaired) electrons. The van der Waals surface area contributed by atoms with Crippen LogP contribution in [0.25, 0.3) is 0 Å². The fourth-order valence-electron chi connectivity index (χ4n) is 1.78. The first-order valence-corrected chi connectivity index (χ1v) is 7.69. The molecule has 0 saturated carbocycles. The lowest BCUT2D eigenvalue weighted by atomic mass is 10.1. The molecule has 3 N–H and O–H groups in total. The molecule has 1 unspecified atom stereocenters. The molecule has 2 rings (SSSR count). The Labute approximate surface area is 132 Å². The molecule has 116 valence electrons. The molecule has 1 aromatic carbocycles. The van der Waals surface area contributed by atoms with Gasteiger partial charge < -0.3 is 15.8 Å². The first-order chi connectivity index (χ1) is 10.6. The normalized spacial score (nSPS) is 11.7. The Morgan fingerprint density at radius 3 is 2.77 bits per heavy atom. The van der Waals surface area contributed by atoms with E-state index in [9.17, 15) is 9.59 Å². The lowest BCUT2D eigenvalue weighted by Gasteiger charge is -2.11. The summed E-state index contributed by atoms with van der Waals surface area (Å²) in [6.45, 7) is 2.26. The Bertz CT molecular complexity index is 642. The van der Waals surface area contributed by atoms with Crippen molar-refractivity contribution in [2.75, 3.05) is 6.61 Å². The van der Waals surface area contributed by atoms with Gasteiger partial charge in [0.15, 0.2) is 5.69 Å². The molecule has 0 aliphatic heterocycles. The minimum atomic E-state index is -0.731. The number of ether oxygens (including phenoxy) is 1. The molecule has 0 aliphatic rings. The number of nitrogens with two attached hydrogens (primary N) is 1. The van der Waals surface area contributed by atoms with E-state index in [4.69, 9.17) is 10.5 Å². The third-order valence-electron chi connectivity index (χ3n) is 2.89. The van der Waals surface area contributed by atoms with Crippen molar-refractivity contribution in [1.82, 2.24) is 10.3 Å². The van der Waals surface area contributed by atoms with Crippen LogP contribution in [0.4, 0.5) is 0 Å². The molecule has 0 bridgehead atoms. The summed E-state index contributed by atoms with van der Waals surface area (Å²) in [4.78, 5) is 27.6. The molecule has 22 heavy (non-hydrogen) atoms. The van der Waals surface area contributed by atoms with Crippen LogP contribution in [-0.2, 0) is 16.1 Å². The van der Waals surface area contributed by atoms with Crippen molar-refractivity contribution in [3.63, 3.8) is 0 Å². The summed E-state index contributed by atoms with van der Waals surface area (Å²) in [5, 5.41) is 4.94. The molecule has 7 heteroatoms. The topological polar surface area (TPSA) is 94.3 Å². The molecular formula is C15H17N3O3S. The van der Waals surface area contributed by atoms with E-state index in [1.165, 1.54) is 11.3 Å². The zero-order valence-electron chi connectivity index (χ0n) is 12.1. The summed E-state index contributed by atoms with van der Waals surface area (Å²) in [6, 6.07) is 8.38. The average molecular weight is 319 g/mol. The van der Waals surface area contributed by atoms with E-state index in [2.05, 4.69) is 10.3 Å². The zero-order chi connectivity index (χ0) is 15.9. The smallest absolute Gasteiger partial charge is 0.357 e. The summed E-state index contributed by atoms with van der Waals surface area (Å²) in [5.74, 6) is -0.753. The second-order valence-electron chi connectivity index (χ2n) is 4.45. The van der Waals surface area contributed by atoms with Crippen LogP contribution in [0.1, 0.15) is 34.0 Å². The number of carbonyl (C=O) groups excluding carboxylic acids is 2. The molecule has 0 saturated heterocycles. The summed E-state index contributed by atoms with van der Waals surface area (Å²) in [7, 11) is 0. The van der Waals surface area contributed by atoms with Gasteiger partial charge >= 0.3 is 5.97 Å². The molecule has 0 fully saturated rings. The standard InChI is InChI=1S/C15H17N3O3S/c1-2-21-15(20)11-9-22-12(18-11)8-17-14(19)13(16)10-6-4-3-5-7-10/h3-7,9,13H,2,8,16H2,1H3,(H,17,19). The van der Waals surface area contributed by atoms with Gasteiger partial charge in [0.1, 0.15) is 11.0 Å². The second-order valence-corrected chi connectivity index (χ2v) is 5.40. The van der Waals surface area contributed by atoms with E-state index >= 15 is 0 Å². The van der Waals surface area contributed by atoms with Crippen molar-refractivity contribution < 1.29 is 14.3 Å². The number of rotatable bonds is 6. The highest BCUT2D eigenvalue weighted by atomic mass is 32.1. The first-order valence-electron chi connectivity index (χ1n) is 6.81. The molecule has 1 aromatic heterocycles. The maximum absolute atomic E-state index is 12.0. The molecule has 1 heterocycles. The predicted octanol–water partition coefficient (Wildman–Crippen LogP) is 1.64. The van der Waals surface area contributed by atoms with Gasteiger partial charge in [-0.15, -0.1) is 11.3 Å². The van der Waals surface area contributed by atoms with Gasteiger partial charge in [-0.2, -0.15) is 0 Å². The maximum atomic E-state index is 12.0. The van der Waals surface area contributed by atoms with E-state index in [1.807, 2.05) is 18.2 Å². The van der Waals surface area contributed by atoms with Crippen LogP contribution in [0.5, 0.6) is 0 Å². The minimum Gasteiger partial charge on any atom is -0.461 e. The van der Waals surface area contributed by atoms with Crippen LogP contribution >= 0.6 is 11.3 Å². The number of benzene rings is 1. The van der Waals surface area contributed by atoms with Crippen molar-refractivity contribution in [3.05, 3.63) is 52.0 Å². The molecule has 2 aromatic rings. The number of thiazole rings is 1. The van der Waals surface area contributed by atoms with Crippen molar-refractivity contribution in [2.24, 2.45) is 5.73 Å². The number of nitrogens with one attached hydrogen (secondary N) is 1. The zero-order valence-corrected chi connectivity index (χ0v) is 12.9. The maximum Gasteiger partial charge on any atom is 0.357 e. The third kappa shape index (κ3) is 4.12. The van der Waals surface area contributed by atoms with Crippen LogP contribution in [0.15, 0.2) is 35.7 Å². The van der Waals surface area contributed by atoms with Crippen LogP contribution in [0.2, 0.25) is 0 Å². The Hall–Kier alpha value is -2.25. The second kappa shape index (κ2) is 7.67. The fraction of sp³-hybridized carbons (Fsp3) is 0.267. The monoisotopic (exact) mass is 319 g/mol. The van der Waals surface area contributed by atoms with Gasteiger partial charge in [0.2, 0.25) is 5.91 Å². The molecule has 1 amide bonds. The minimum absolute atomic E-state index is 0.226. The molecule has 1 atom stereocenters. The molecule has 0 aliphatic carbocycles. The SMILES string of the molecule is CCOC(=O)c1csc(CNC(=O)C(N)c2ccccc2)n1. The summed E-state index contributed by atoms with van der Waals surface area (Å²) in [6.07, 6.45) is 0. The number of amides is 1. The number of esters is 1. The largest absolute Gasteiger partial charge is 0.461 e. The number of carbonyl (C=O) groups is 2. The molecule has 6 nitrogen and oxygen atoms in total. The Morgan fingerprint density at radius 2 is 2.09 bits per heavy atom. The van der Waals surface area contributed by atoms with Crippen molar-refractivity contribution in [3.8, 4) is 0 Å². The lowest BCUT2D eigenvalue weighted by molar-refractivity contribution is -0.122. The van der Waals surface area contributed by atoms with E-state index in [0.29, 0.717) is 11.6 Å². The quantitative estimate of drug-likeness (QED) is 0.789. The van der Waals surface area contributed by atoms with Gasteiger partial charge in [0, 0.05) is 5.38 Å². The highest BCUT2D eigenvalue weighted by Gasteiger charge is 2.16. The summed E-state index contributed by atoms with van der Waals surface area (Å²) >= 11 is 1.29. The van der Waals surface area contributed by atoms with E-state index in [-0.39, 0.29) is 18.1 Å². The van der Waals surface area contributed by atoms with Crippen molar-refractivity contribution in [1.29, 1.82) is 0 Å². The number of hydrogen-bond acceptors (Lipinski definition) is 6. The van der Waals surface area contributed by atoms with Crippen LogP contribution in [0, 0.1) is 0 Å². The van der Waals surface area contributed by atoms with Crippen molar-refractivity contribution >= 4 is 23.2 Å². The highest BCUT2D eigenvalue weighted by molar-refractivity contribution is 7.09. The summed E-state index contributed by atoms with van der Waals surface area (Å²) < 4.78 is 4.86. The fourth-order valence-corrected chi connectivity index (χ4v) is 2.48. The van der Waals surface area contributed by atoms with Gasteiger partial charge in [-0.1, -0.05) is 30.3 Å². The number of hydrogen-bond donors (Lipinski definition) is 2. The van der Waals surface area contributed by atoms with E-state index in [1.54, 1.807) is 24.4 Å². The Morgan fingerprint density at radius 1 is 1.36 bits per heavy atom. The Kier molecular flexibility index (Phi) is 5.62. The van der Waals surface area contributed by atoms with Crippen molar-refractivity contribution in [2.45, 2.75) is 19.5 Å². The third-order valence-corrected chi connectivity index (χ3v) is 3.74. The van der Waals surface area contributed by atoms with Crippen LogP contribution < -0.4 is 11.1 Å². The van der Waals surface area contributed by atoms with E-state index in [0.717, 1.165) is 5.56 Å². The number of nitrogens with zero attached hydrogens (tertiary/aromatic N) is 1.